The summed E-state index contributed by atoms with van der Waals surface area (Å²) in [6.07, 6.45) is 5.04. The summed E-state index contributed by atoms with van der Waals surface area (Å²) in [7, 11) is 0. The Morgan fingerprint density at radius 2 is 1.87 bits per heavy atom. The van der Waals surface area contributed by atoms with Crippen LogP contribution in [0.5, 0.6) is 11.6 Å². The lowest BCUT2D eigenvalue weighted by Crippen LogP contribution is -2.18. The summed E-state index contributed by atoms with van der Waals surface area (Å²) >= 11 is 0. The zero-order valence-electron chi connectivity index (χ0n) is 17.0. The van der Waals surface area contributed by atoms with Gasteiger partial charge in [0.2, 0.25) is 11.7 Å². The molecule has 5 rings (SSSR count). The molecule has 4 aromatic rings. The third-order valence-electron chi connectivity index (χ3n) is 5.82. The summed E-state index contributed by atoms with van der Waals surface area (Å²) < 4.78 is 6.06. The maximum absolute atomic E-state index is 12.8. The standard InChI is InChI=1S/C25H23N3O3/c29-18-6-3-5-17(15-18)20-7-4-14-26-25(20)31-19-12-10-16(11-13-19)23(30)24-27-21-8-1-2-9-22(21)28-24/h1-2,4,7-14,17-18,29H,3,5-6,15H2,(H,27,28). The first-order valence-electron chi connectivity index (χ1n) is 10.6. The average Bonchev–Trinajstić information content (AvgIpc) is 3.24. The van der Waals surface area contributed by atoms with Gasteiger partial charge in [0.15, 0.2) is 5.82 Å². The van der Waals surface area contributed by atoms with Gasteiger partial charge in [0.05, 0.1) is 17.1 Å². The number of fused-ring (bicyclic) bond motifs is 1. The number of pyridine rings is 1. The molecule has 31 heavy (non-hydrogen) atoms. The quantitative estimate of drug-likeness (QED) is 0.450. The molecule has 1 saturated carbocycles. The molecule has 2 aromatic heterocycles. The number of para-hydroxylation sites is 2. The largest absolute Gasteiger partial charge is 0.439 e. The molecular formula is C25H23N3O3. The van der Waals surface area contributed by atoms with Gasteiger partial charge in [-0.1, -0.05) is 24.6 Å². The summed E-state index contributed by atoms with van der Waals surface area (Å²) in [4.78, 5) is 24.7. The summed E-state index contributed by atoms with van der Waals surface area (Å²) in [6.45, 7) is 0. The van der Waals surface area contributed by atoms with Crippen molar-refractivity contribution in [1.29, 1.82) is 0 Å². The number of hydrogen-bond donors (Lipinski definition) is 2. The number of rotatable bonds is 5. The van der Waals surface area contributed by atoms with E-state index in [1.165, 1.54) is 0 Å². The third kappa shape index (κ3) is 4.07. The number of H-pyrrole nitrogens is 1. The minimum Gasteiger partial charge on any atom is -0.439 e. The van der Waals surface area contributed by atoms with E-state index in [9.17, 15) is 9.90 Å². The minimum absolute atomic E-state index is 0.169. The number of aromatic amines is 1. The van der Waals surface area contributed by atoms with Crippen LogP contribution < -0.4 is 4.74 Å². The molecule has 2 aromatic carbocycles. The number of imidazole rings is 1. The van der Waals surface area contributed by atoms with Crippen LogP contribution in [0.1, 0.15) is 53.3 Å². The van der Waals surface area contributed by atoms with Crippen molar-refractivity contribution >= 4 is 16.8 Å². The Morgan fingerprint density at radius 1 is 1.03 bits per heavy atom. The highest BCUT2D eigenvalue weighted by Gasteiger charge is 2.25. The Morgan fingerprint density at radius 3 is 2.68 bits per heavy atom. The van der Waals surface area contributed by atoms with Crippen LogP contribution in [0.3, 0.4) is 0 Å². The van der Waals surface area contributed by atoms with Crippen molar-refractivity contribution in [2.75, 3.05) is 0 Å². The molecule has 0 spiro atoms. The van der Waals surface area contributed by atoms with Gasteiger partial charge < -0.3 is 14.8 Å². The predicted molar refractivity (Wildman–Crippen MR) is 117 cm³/mol. The number of nitrogens with one attached hydrogen (secondary N) is 1. The van der Waals surface area contributed by atoms with E-state index in [0.717, 1.165) is 42.3 Å². The van der Waals surface area contributed by atoms with E-state index in [2.05, 4.69) is 15.0 Å². The lowest BCUT2D eigenvalue weighted by atomic mass is 9.83. The smallest absolute Gasteiger partial charge is 0.228 e. The molecule has 6 heteroatoms. The molecule has 6 nitrogen and oxygen atoms in total. The topological polar surface area (TPSA) is 88.1 Å². The van der Waals surface area contributed by atoms with Gasteiger partial charge in [0.1, 0.15) is 5.75 Å². The van der Waals surface area contributed by atoms with E-state index in [4.69, 9.17) is 4.74 Å². The second kappa shape index (κ2) is 8.32. The Bertz CT molecular complexity index is 1180. The monoisotopic (exact) mass is 413 g/mol. The van der Waals surface area contributed by atoms with E-state index in [1.807, 2.05) is 36.4 Å². The summed E-state index contributed by atoms with van der Waals surface area (Å²) in [5.41, 5.74) is 3.15. The van der Waals surface area contributed by atoms with E-state index in [0.29, 0.717) is 23.0 Å². The zero-order chi connectivity index (χ0) is 21.2. The van der Waals surface area contributed by atoms with Gasteiger partial charge in [0.25, 0.3) is 0 Å². The molecule has 2 unspecified atom stereocenters. The first-order valence-corrected chi connectivity index (χ1v) is 10.6. The summed E-state index contributed by atoms with van der Waals surface area (Å²) in [5.74, 6) is 1.55. The lowest BCUT2D eigenvalue weighted by Gasteiger charge is -2.27. The first kappa shape index (κ1) is 19.5. The van der Waals surface area contributed by atoms with Crippen LogP contribution in [-0.2, 0) is 0 Å². The SMILES string of the molecule is O=C(c1ccc(Oc2ncccc2C2CCCC(O)C2)cc1)c1nc2ccccc2[nH]1. The van der Waals surface area contributed by atoms with Crippen molar-refractivity contribution in [3.05, 3.63) is 83.8 Å². The molecule has 0 amide bonds. The molecule has 1 fully saturated rings. The molecule has 1 aliphatic carbocycles. The van der Waals surface area contributed by atoms with Crippen LogP contribution in [0.25, 0.3) is 11.0 Å². The van der Waals surface area contributed by atoms with Gasteiger partial charge >= 0.3 is 0 Å². The number of benzene rings is 2. The number of hydrogen-bond acceptors (Lipinski definition) is 5. The number of ketones is 1. The van der Waals surface area contributed by atoms with Gasteiger partial charge in [0, 0.05) is 17.3 Å². The Balaban J connectivity index is 1.34. The van der Waals surface area contributed by atoms with Crippen LogP contribution in [0.4, 0.5) is 0 Å². The summed E-state index contributed by atoms with van der Waals surface area (Å²) in [5, 5.41) is 10.0. The molecule has 156 valence electrons. The fourth-order valence-electron chi connectivity index (χ4n) is 4.23. The summed E-state index contributed by atoms with van der Waals surface area (Å²) in [6, 6.07) is 18.5. The molecule has 0 aliphatic heterocycles. The second-order valence-electron chi connectivity index (χ2n) is 7.97. The van der Waals surface area contributed by atoms with E-state index in [-0.39, 0.29) is 17.8 Å². The van der Waals surface area contributed by atoms with E-state index >= 15 is 0 Å². The van der Waals surface area contributed by atoms with Crippen LogP contribution in [0, 0.1) is 0 Å². The number of ether oxygens (including phenoxy) is 1. The number of aromatic nitrogens is 3. The molecule has 2 N–H and O–H groups in total. The van der Waals surface area contributed by atoms with Crippen LogP contribution in [0.2, 0.25) is 0 Å². The number of carbonyl (C=O) groups excluding carboxylic acids is 1. The molecule has 0 radical (unpaired) electrons. The minimum atomic E-state index is -0.268. The Hall–Kier alpha value is -3.51. The fourth-order valence-corrected chi connectivity index (χ4v) is 4.23. The normalized spacial score (nSPS) is 18.7. The maximum atomic E-state index is 12.8. The van der Waals surface area contributed by atoms with Gasteiger partial charge in [-0.15, -0.1) is 0 Å². The van der Waals surface area contributed by atoms with Gasteiger partial charge in [-0.3, -0.25) is 4.79 Å². The highest BCUT2D eigenvalue weighted by Crippen LogP contribution is 2.38. The van der Waals surface area contributed by atoms with Crippen LogP contribution >= 0.6 is 0 Å². The molecule has 0 saturated heterocycles. The lowest BCUT2D eigenvalue weighted by molar-refractivity contribution is 0.103. The second-order valence-corrected chi connectivity index (χ2v) is 7.97. The van der Waals surface area contributed by atoms with Crippen molar-refractivity contribution in [1.82, 2.24) is 15.0 Å². The number of carbonyl (C=O) groups is 1. The van der Waals surface area contributed by atoms with Crippen molar-refractivity contribution in [2.24, 2.45) is 0 Å². The predicted octanol–water partition coefficient (Wildman–Crippen LogP) is 5.00. The third-order valence-corrected chi connectivity index (χ3v) is 5.82. The van der Waals surface area contributed by atoms with Crippen molar-refractivity contribution in [2.45, 2.75) is 37.7 Å². The van der Waals surface area contributed by atoms with Gasteiger partial charge in [-0.2, -0.15) is 0 Å². The van der Waals surface area contributed by atoms with Crippen molar-refractivity contribution in [3.63, 3.8) is 0 Å². The highest BCUT2D eigenvalue weighted by atomic mass is 16.5. The molecule has 1 aliphatic rings. The molecule has 2 atom stereocenters. The fraction of sp³-hybridized carbons (Fsp3) is 0.240. The first-order chi connectivity index (χ1) is 15.2. The maximum Gasteiger partial charge on any atom is 0.228 e. The van der Waals surface area contributed by atoms with Gasteiger partial charge in [-0.05, 0) is 67.6 Å². The number of aliphatic hydroxyl groups excluding tert-OH is 1. The number of nitrogens with zero attached hydrogens (tertiary/aromatic N) is 2. The number of aliphatic hydroxyl groups is 1. The zero-order valence-corrected chi connectivity index (χ0v) is 17.0. The van der Waals surface area contributed by atoms with Crippen molar-refractivity contribution in [3.8, 4) is 11.6 Å². The van der Waals surface area contributed by atoms with E-state index < -0.39 is 0 Å². The van der Waals surface area contributed by atoms with Gasteiger partial charge in [-0.25, -0.2) is 9.97 Å². The van der Waals surface area contributed by atoms with Crippen LogP contribution in [0.15, 0.2) is 66.9 Å². The van der Waals surface area contributed by atoms with Crippen molar-refractivity contribution < 1.29 is 14.6 Å². The molecule has 0 bridgehead atoms. The highest BCUT2D eigenvalue weighted by molar-refractivity contribution is 6.08. The average molecular weight is 413 g/mol. The Kier molecular flexibility index (Phi) is 5.22. The molecule has 2 heterocycles. The van der Waals surface area contributed by atoms with E-state index in [1.54, 1.807) is 30.5 Å². The molecular weight excluding hydrogens is 390 g/mol. The Labute approximate surface area is 179 Å². The van der Waals surface area contributed by atoms with Crippen LogP contribution in [-0.4, -0.2) is 31.9 Å².